The molecule has 4 nitrogen and oxygen atoms in total. The third-order valence-corrected chi connectivity index (χ3v) is 2.89. The fraction of sp³-hybridized carbons (Fsp3) is 0.167. The second-order valence-corrected chi connectivity index (χ2v) is 4.32. The van der Waals surface area contributed by atoms with Gasteiger partial charge in [-0.05, 0) is 17.7 Å². The van der Waals surface area contributed by atoms with E-state index < -0.39 is 0 Å². The Balaban J connectivity index is 1.82. The smallest absolute Gasteiger partial charge is 0.226 e. The number of hydrogen-bond donors (Lipinski definition) is 2. The Hall–Kier alpha value is -1.88. The lowest BCUT2D eigenvalue weighted by Gasteiger charge is -2.04. The van der Waals surface area contributed by atoms with Gasteiger partial charge in [-0.3, -0.25) is 4.79 Å². The van der Waals surface area contributed by atoms with E-state index in [1.807, 2.05) is 5.38 Å². The van der Waals surface area contributed by atoms with Crippen molar-refractivity contribution in [2.45, 2.75) is 13.0 Å². The second kappa shape index (κ2) is 5.45. The molecule has 0 unspecified atom stereocenters. The highest BCUT2D eigenvalue weighted by atomic mass is 32.1. The number of aromatic hydroxyl groups is 1. The van der Waals surface area contributed by atoms with E-state index in [4.69, 9.17) is 5.11 Å². The van der Waals surface area contributed by atoms with Gasteiger partial charge in [-0.25, -0.2) is 4.98 Å². The molecule has 5 heteroatoms. The summed E-state index contributed by atoms with van der Waals surface area (Å²) in [5, 5.41) is 13.8. The van der Waals surface area contributed by atoms with Crippen LogP contribution in [0.1, 0.15) is 11.3 Å². The van der Waals surface area contributed by atoms with Crippen molar-refractivity contribution < 1.29 is 9.90 Å². The molecule has 0 bridgehead atoms. The predicted octanol–water partition coefficient (Wildman–Crippen LogP) is 1.71. The molecule has 0 fully saturated rings. The fourth-order valence-electron chi connectivity index (χ4n) is 1.37. The fourth-order valence-corrected chi connectivity index (χ4v) is 1.92. The Labute approximate surface area is 103 Å². The molecule has 0 aliphatic heterocycles. The van der Waals surface area contributed by atoms with Gasteiger partial charge in [0, 0.05) is 11.9 Å². The van der Waals surface area contributed by atoms with Crippen molar-refractivity contribution in [1.82, 2.24) is 10.3 Å². The first-order chi connectivity index (χ1) is 8.24. The summed E-state index contributed by atoms with van der Waals surface area (Å²) in [5.41, 5.74) is 3.45. The number of rotatable bonds is 4. The highest BCUT2D eigenvalue weighted by Gasteiger charge is 2.04. The monoisotopic (exact) mass is 248 g/mol. The zero-order chi connectivity index (χ0) is 12.1. The molecule has 0 saturated carbocycles. The molecule has 0 radical (unpaired) electrons. The van der Waals surface area contributed by atoms with Gasteiger partial charge in [0.1, 0.15) is 5.75 Å². The lowest BCUT2D eigenvalue weighted by molar-refractivity contribution is -0.120. The molecule has 0 aliphatic carbocycles. The Bertz CT molecular complexity index is 480. The van der Waals surface area contributed by atoms with Gasteiger partial charge in [0.25, 0.3) is 0 Å². The van der Waals surface area contributed by atoms with Crippen LogP contribution in [0.15, 0.2) is 35.2 Å². The van der Waals surface area contributed by atoms with E-state index in [0.29, 0.717) is 13.0 Å². The minimum atomic E-state index is -0.0519. The summed E-state index contributed by atoms with van der Waals surface area (Å²) in [6.07, 6.45) is 0.307. The quantitative estimate of drug-likeness (QED) is 0.865. The number of benzene rings is 1. The standard InChI is InChI=1S/C12H12N2O2S/c15-11-3-1-9(2-4-11)6-13-12(16)5-10-7-17-8-14-10/h1-4,7-8,15H,5-6H2,(H,13,16). The summed E-state index contributed by atoms with van der Waals surface area (Å²) in [7, 11) is 0. The van der Waals surface area contributed by atoms with Crippen LogP contribution >= 0.6 is 11.3 Å². The van der Waals surface area contributed by atoms with Crippen molar-refractivity contribution in [2.75, 3.05) is 0 Å². The van der Waals surface area contributed by atoms with Crippen molar-refractivity contribution >= 4 is 17.2 Å². The van der Waals surface area contributed by atoms with E-state index >= 15 is 0 Å². The van der Waals surface area contributed by atoms with E-state index in [-0.39, 0.29) is 11.7 Å². The number of aromatic nitrogens is 1. The van der Waals surface area contributed by atoms with Gasteiger partial charge in [-0.1, -0.05) is 12.1 Å². The number of hydrogen-bond acceptors (Lipinski definition) is 4. The largest absolute Gasteiger partial charge is 0.508 e. The summed E-state index contributed by atoms with van der Waals surface area (Å²) in [6, 6.07) is 6.75. The maximum absolute atomic E-state index is 11.6. The Kier molecular flexibility index (Phi) is 3.72. The van der Waals surface area contributed by atoms with Gasteiger partial charge >= 0.3 is 0 Å². The minimum Gasteiger partial charge on any atom is -0.508 e. The van der Waals surface area contributed by atoms with E-state index in [0.717, 1.165) is 11.3 Å². The molecular formula is C12H12N2O2S. The molecule has 0 spiro atoms. The Morgan fingerprint density at radius 3 is 2.76 bits per heavy atom. The molecule has 2 rings (SSSR count). The highest BCUT2D eigenvalue weighted by Crippen LogP contribution is 2.09. The van der Waals surface area contributed by atoms with Crippen LogP contribution in [0.5, 0.6) is 5.75 Å². The van der Waals surface area contributed by atoms with Gasteiger partial charge in [0.05, 0.1) is 17.6 Å². The number of amides is 1. The summed E-state index contributed by atoms with van der Waals surface area (Å²) < 4.78 is 0. The molecule has 0 atom stereocenters. The van der Waals surface area contributed by atoms with Crippen LogP contribution in [-0.4, -0.2) is 16.0 Å². The average Bonchev–Trinajstić information content (AvgIpc) is 2.81. The Morgan fingerprint density at radius 1 is 1.35 bits per heavy atom. The number of phenolic OH excluding ortho intramolecular Hbond substituents is 1. The van der Waals surface area contributed by atoms with Crippen LogP contribution < -0.4 is 5.32 Å². The maximum atomic E-state index is 11.6. The predicted molar refractivity (Wildman–Crippen MR) is 65.8 cm³/mol. The number of nitrogens with one attached hydrogen (secondary N) is 1. The molecular weight excluding hydrogens is 236 g/mol. The molecule has 1 aromatic heterocycles. The van der Waals surface area contributed by atoms with Crippen molar-refractivity contribution in [3.8, 4) is 5.75 Å². The molecule has 1 amide bonds. The second-order valence-electron chi connectivity index (χ2n) is 3.60. The van der Waals surface area contributed by atoms with Crippen LogP contribution in [0, 0.1) is 0 Å². The number of thiazole rings is 1. The molecule has 1 heterocycles. The molecule has 0 aliphatic rings. The number of nitrogens with zero attached hydrogens (tertiary/aromatic N) is 1. The topological polar surface area (TPSA) is 62.2 Å². The summed E-state index contributed by atoms with van der Waals surface area (Å²) in [4.78, 5) is 15.6. The van der Waals surface area contributed by atoms with Gasteiger partial charge in [-0.15, -0.1) is 11.3 Å². The van der Waals surface area contributed by atoms with Crippen molar-refractivity contribution in [2.24, 2.45) is 0 Å². The van der Waals surface area contributed by atoms with Crippen LogP contribution in [0.25, 0.3) is 0 Å². The van der Waals surface area contributed by atoms with E-state index in [1.54, 1.807) is 29.8 Å². The van der Waals surface area contributed by atoms with Crippen LogP contribution in [0.3, 0.4) is 0 Å². The SMILES string of the molecule is O=C(Cc1cscn1)NCc1ccc(O)cc1. The van der Waals surface area contributed by atoms with Crippen LogP contribution in [0.2, 0.25) is 0 Å². The summed E-state index contributed by atoms with van der Waals surface area (Å²) in [5.74, 6) is 0.173. The summed E-state index contributed by atoms with van der Waals surface area (Å²) >= 11 is 1.48. The molecule has 2 N–H and O–H groups in total. The van der Waals surface area contributed by atoms with Crippen molar-refractivity contribution in [3.05, 3.63) is 46.4 Å². The van der Waals surface area contributed by atoms with E-state index in [9.17, 15) is 4.79 Å². The molecule has 0 saturated heterocycles. The number of carbonyl (C=O) groups excluding carboxylic acids is 1. The third-order valence-electron chi connectivity index (χ3n) is 2.25. The number of phenols is 1. The molecule has 17 heavy (non-hydrogen) atoms. The zero-order valence-corrected chi connectivity index (χ0v) is 9.91. The normalized spacial score (nSPS) is 10.1. The number of carbonyl (C=O) groups is 1. The van der Waals surface area contributed by atoms with Gasteiger partial charge in [0.2, 0.25) is 5.91 Å². The Morgan fingerprint density at radius 2 is 2.12 bits per heavy atom. The van der Waals surface area contributed by atoms with Gasteiger partial charge in [-0.2, -0.15) is 0 Å². The van der Waals surface area contributed by atoms with E-state index in [2.05, 4.69) is 10.3 Å². The van der Waals surface area contributed by atoms with Crippen molar-refractivity contribution in [3.63, 3.8) is 0 Å². The van der Waals surface area contributed by atoms with E-state index in [1.165, 1.54) is 11.3 Å². The first-order valence-corrected chi connectivity index (χ1v) is 6.10. The lowest BCUT2D eigenvalue weighted by atomic mass is 10.2. The minimum absolute atomic E-state index is 0.0519. The molecule has 88 valence electrons. The lowest BCUT2D eigenvalue weighted by Crippen LogP contribution is -2.24. The maximum Gasteiger partial charge on any atom is 0.226 e. The zero-order valence-electron chi connectivity index (χ0n) is 9.09. The molecule has 1 aromatic carbocycles. The van der Waals surface area contributed by atoms with Crippen LogP contribution in [0.4, 0.5) is 0 Å². The molecule has 2 aromatic rings. The summed E-state index contributed by atoms with van der Waals surface area (Å²) in [6.45, 7) is 0.462. The first kappa shape index (κ1) is 11.6. The van der Waals surface area contributed by atoms with Gasteiger partial charge < -0.3 is 10.4 Å². The first-order valence-electron chi connectivity index (χ1n) is 5.16. The van der Waals surface area contributed by atoms with Crippen molar-refractivity contribution in [1.29, 1.82) is 0 Å². The van der Waals surface area contributed by atoms with Crippen LogP contribution in [-0.2, 0) is 17.8 Å². The third kappa shape index (κ3) is 3.57. The van der Waals surface area contributed by atoms with Gasteiger partial charge in [0.15, 0.2) is 0 Å². The highest BCUT2D eigenvalue weighted by molar-refractivity contribution is 7.07. The average molecular weight is 248 g/mol.